The molecule has 0 radical (unpaired) electrons. The number of H-pyrrole nitrogens is 1. The molecule has 5 nitrogen and oxygen atoms in total. The Morgan fingerprint density at radius 2 is 1.95 bits per heavy atom. The highest BCUT2D eigenvalue weighted by Crippen LogP contribution is 2.32. The van der Waals surface area contributed by atoms with Crippen molar-refractivity contribution in [3.05, 3.63) is 40.6 Å². The van der Waals surface area contributed by atoms with Gasteiger partial charge < -0.3 is 19.6 Å². The third kappa shape index (κ3) is 2.35. The van der Waals surface area contributed by atoms with E-state index < -0.39 is 5.43 Å². The molecule has 0 saturated carbocycles. The van der Waals surface area contributed by atoms with E-state index in [0.29, 0.717) is 11.3 Å². The Balaban J connectivity index is 2.26. The van der Waals surface area contributed by atoms with Gasteiger partial charge in [0.1, 0.15) is 5.75 Å². The van der Waals surface area contributed by atoms with Crippen LogP contribution >= 0.6 is 0 Å². The molecular formula is C17H17NO4. The average Bonchev–Trinajstić information content (AvgIpc) is 2.49. The molecular weight excluding hydrogens is 282 g/mol. The summed E-state index contributed by atoms with van der Waals surface area (Å²) in [4.78, 5) is 15.4. The predicted octanol–water partition coefficient (Wildman–Crippen LogP) is 3.13. The summed E-state index contributed by atoms with van der Waals surface area (Å²) < 4.78 is 10.7. The zero-order valence-corrected chi connectivity index (χ0v) is 12.6. The molecule has 0 unspecified atom stereocenters. The van der Waals surface area contributed by atoms with Gasteiger partial charge in [0.05, 0.1) is 24.5 Å². The van der Waals surface area contributed by atoms with Gasteiger partial charge in [-0.25, -0.2) is 0 Å². The maximum absolute atomic E-state index is 12.2. The van der Waals surface area contributed by atoms with Gasteiger partial charge in [-0.15, -0.1) is 0 Å². The first-order valence-electron chi connectivity index (χ1n) is 7.03. The first-order chi connectivity index (χ1) is 10.5. The number of methoxy groups -OCH3 is 1. The molecule has 0 amide bonds. The van der Waals surface area contributed by atoms with Crippen LogP contribution in [0.5, 0.6) is 17.2 Å². The third-order valence-electron chi connectivity index (χ3n) is 3.44. The third-order valence-corrected chi connectivity index (χ3v) is 3.44. The van der Waals surface area contributed by atoms with Crippen LogP contribution in [0.2, 0.25) is 0 Å². The van der Waals surface area contributed by atoms with Crippen molar-refractivity contribution >= 4 is 10.9 Å². The number of pyridine rings is 1. The van der Waals surface area contributed by atoms with Crippen LogP contribution in [0.4, 0.5) is 0 Å². The van der Waals surface area contributed by atoms with E-state index in [0.717, 1.165) is 16.7 Å². The number of aromatic hydroxyl groups is 1. The Kier molecular flexibility index (Phi) is 3.41. The van der Waals surface area contributed by atoms with Crippen molar-refractivity contribution in [3.63, 3.8) is 0 Å². The predicted molar refractivity (Wildman–Crippen MR) is 85.2 cm³/mol. The van der Waals surface area contributed by atoms with Gasteiger partial charge in [-0.05, 0) is 38.1 Å². The van der Waals surface area contributed by atoms with Crippen LogP contribution in [0.15, 0.2) is 35.1 Å². The Bertz CT molecular complexity index is 867. The maximum Gasteiger partial charge on any atom is 0.233 e. The van der Waals surface area contributed by atoms with Crippen molar-refractivity contribution in [2.75, 3.05) is 7.11 Å². The minimum absolute atomic E-state index is 0.0743. The Labute approximate surface area is 127 Å². The Morgan fingerprint density at radius 1 is 1.18 bits per heavy atom. The van der Waals surface area contributed by atoms with Crippen LogP contribution in [-0.4, -0.2) is 23.3 Å². The molecule has 22 heavy (non-hydrogen) atoms. The molecule has 5 heteroatoms. The Hall–Kier alpha value is -2.69. The van der Waals surface area contributed by atoms with Gasteiger partial charge in [-0.1, -0.05) is 0 Å². The van der Waals surface area contributed by atoms with Gasteiger partial charge in [0.25, 0.3) is 0 Å². The van der Waals surface area contributed by atoms with Crippen molar-refractivity contribution < 1.29 is 14.6 Å². The van der Waals surface area contributed by atoms with Gasteiger partial charge in [-0.2, -0.15) is 0 Å². The van der Waals surface area contributed by atoms with E-state index in [1.54, 1.807) is 12.1 Å². The number of hydrogen-bond donors (Lipinski definition) is 2. The number of nitrogens with one attached hydrogen (secondary N) is 1. The van der Waals surface area contributed by atoms with Crippen LogP contribution in [0.1, 0.15) is 13.8 Å². The van der Waals surface area contributed by atoms with Crippen LogP contribution in [0, 0.1) is 0 Å². The molecule has 0 bridgehead atoms. The van der Waals surface area contributed by atoms with Gasteiger partial charge >= 0.3 is 0 Å². The van der Waals surface area contributed by atoms with E-state index in [4.69, 9.17) is 9.47 Å². The molecule has 114 valence electrons. The van der Waals surface area contributed by atoms with E-state index in [1.165, 1.54) is 7.11 Å². The number of aromatic amines is 1. The largest absolute Gasteiger partial charge is 0.502 e. The van der Waals surface area contributed by atoms with Crippen molar-refractivity contribution in [3.8, 4) is 28.5 Å². The zero-order valence-electron chi connectivity index (χ0n) is 12.6. The maximum atomic E-state index is 12.2. The van der Waals surface area contributed by atoms with Gasteiger partial charge in [0.2, 0.25) is 11.2 Å². The summed E-state index contributed by atoms with van der Waals surface area (Å²) in [5.41, 5.74) is 1.44. The Morgan fingerprint density at radius 3 is 2.64 bits per heavy atom. The first kappa shape index (κ1) is 14.3. The fourth-order valence-corrected chi connectivity index (χ4v) is 2.46. The van der Waals surface area contributed by atoms with Gasteiger partial charge in [-0.3, -0.25) is 4.79 Å². The van der Waals surface area contributed by atoms with Crippen molar-refractivity contribution in [1.82, 2.24) is 4.98 Å². The number of hydrogen-bond acceptors (Lipinski definition) is 4. The molecule has 0 atom stereocenters. The fraction of sp³-hybridized carbons (Fsp3) is 0.235. The lowest BCUT2D eigenvalue weighted by Gasteiger charge is -2.13. The summed E-state index contributed by atoms with van der Waals surface area (Å²) in [6.07, 6.45) is 0.0743. The minimum atomic E-state index is -0.456. The van der Waals surface area contributed by atoms with E-state index in [9.17, 15) is 9.90 Å². The number of benzene rings is 2. The standard InChI is InChI=1S/C17H17NO4/c1-9(2)22-11-4-5-13-10(6-11)7-12-14(18-13)8-15(21-3)17(20)16(12)19/h4-9,18,20H,1-3H3. The van der Waals surface area contributed by atoms with Gasteiger partial charge in [0, 0.05) is 17.0 Å². The molecule has 1 heterocycles. The summed E-state index contributed by atoms with van der Waals surface area (Å²) in [5, 5.41) is 10.7. The molecule has 0 aromatic heterocycles. The first-order valence-corrected chi connectivity index (χ1v) is 7.03. The van der Waals surface area contributed by atoms with E-state index in [-0.39, 0.29) is 17.6 Å². The topological polar surface area (TPSA) is 71.5 Å². The smallest absolute Gasteiger partial charge is 0.233 e. The zero-order chi connectivity index (χ0) is 15.9. The normalized spacial score (nSPS) is 11.3. The number of phenolic OH excluding ortho intramolecular Hbond substituents is 1. The second-order valence-corrected chi connectivity index (χ2v) is 5.40. The summed E-state index contributed by atoms with van der Waals surface area (Å²) in [5.74, 6) is 0.519. The van der Waals surface area contributed by atoms with Crippen LogP contribution in [-0.2, 0) is 0 Å². The number of rotatable bonds is 3. The number of phenols is 1. The van der Waals surface area contributed by atoms with Crippen LogP contribution in [0.3, 0.4) is 0 Å². The fourth-order valence-electron chi connectivity index (χ4n) is 2.46. The van der Waals surface area contributed by atoms with Gasteiger partial charge in [0.15, 0.2) is 5.75 Å². The van der Waals surface area contributed by atoms with Crippen LogP contribution in [0.25, 0.3) is 22.2 Å². The van der Waals surface area contributed by atoms with Crippen molar-refractivity contribution in [1.29, 1.82) is 0 Å². The molecule has 2 N–H and O–H groups in total. The monoisotopic (exact) mass is 299 g/mol. The lowest BCUT2D eigenvalue weighted by molar-refractivity contribution is 0.243. The molecule has 2 aliphatic rings. The number of aromatic nitrogens is 1. The van der Waals surface area contributed by atoms with Crippen LogP contribution < -0.4 is 14.9 Å². The molecule has 1 aliphatic carbocycles. The number of ether oxygens (including phenoxy) is 2. The van der Waals surface area contributed by atoms with E-state index in [1.807, 2.05) is 32.0 Å². The molecule has 1 aliphatic heterocycles. The van der Waals surface area contributed by atoms with Crippen molar-refractivity contribution in [2.24, 2.45) is 0 Å². The minimum Gasteiger partial charge on any atom is -0.502 e. The highest BCUT2D eigenvalue weighted by molar-refractivity contribution is 5.87. The van der Waals surface area contributed by atoms with E-state index >= 15 is 0 Å². The SMILES string of the molecule is COc1cc2[nH]c3ccc(OC(C)C)cc3cc-2c(=O)c1O. The molecule has 1 aromatic rings. The molecule has 0 spiro atoms. The molecule has 1 aromatic carbocycles. The molecule has 3 rings (SSSR count). The highest BCUT2D eigenvalue weighted by atomic mass is 16.5. The summed E-state index contributed by atoms with van der Waals surface area (Å²) in [7, 11) is 1.41. The second-order valence-electron chi connectivity index (χ2n) is 5.40. The lowest BCUT2D eigenvalue weighted by atomic mass is 10.0. The quantitative estimate of drug-likeness (QED) is 0.729. The lowest BCUT2D eigenvalue weighted by Crippen LogP contribution is -2.08. The molecule has 0 saturated heterocycles. The highest BCUT2D eigenvalue weighted by Gasteiger charge is 2.17. The summed E-state index contributed by atoms with van der Waals surface area (Å²) >= 11 is 0. The summed E-state index contributed by atoms with van der Waals surface area (Å²) in [6, 6.07) is 9.00. The van der Waals surface area contributed by atoms with Crippen molar-refractivity contribution in [2.45, 2.75) is 20.0 Å². The summed E-state index contributed by atoms with van der Waals surface area (Å²) in [6.45, 7) is 3.91. The average molecular weight is 299 g/mol. The second kappa shape index (κ2) is 5.26. The van der Waals surface area contributed by atoms with E-state index in [2.05, 4.69) is 4.98 Å². The molecule has 0 fully saturated rings. The number of fused-ring (bicyclic) bond motifs is 2.